The molecule has 2 rings (SSSR count). The summed E-state index contributed by atoms with van der Waals surface area (Å²) in [6.45, 7) is 3.98. The number of benzene rings is 2. The fourth-order valence-corrected chi connectivity index (χ4v) is 2.09. The number of hydrogen-bond acceptors (Lipinski definition) is 2. The van der Waals surface area contributed by atoms with Gasteiger partial charge in [-0.3, -0.25) is 4.79 Å². The Hall–Kier alpha value is -2.29. The Morgan fingerprint density at radius 3 is 2.37 bits per heavy atom. The average Bonchev–Trinajstić information content (AvgIpc) is 2.30. The van der Waals surface area contributed by atoms with E-state index >= 15 is 0 Å². The van der Waals surface area contributed by atoms with Gasteiger partial charge in [0.2, 0.25) is 5.91 Å². The number of phenolic OH excluding ortho intramolecular Hbond substituents is 1. The number of nitrogens with one attached hydrogen (secondary N) is 1. The van der Waals surface area contributed by atoms with Crippen molar-refractivity contribution < 1.29 is 9.90 Å². The second-order valence-electron chi connectivity index (χ2n) is 4.73. The van der Waals surface area contributed by atoms with Crippen LogP contribution in [0.1, 0.15) is 16.7 Å². The molecule has 3 nitrogen and oxygen atoms in total. The average molecular weight is 255 g/mol. The highest BCUT2D eigenvalue weighted by atomic mass is 16.3. The van der Waals surface area contributed by atoms with Gasteiger partial charge in [0.05, 0.1) is 6.42 Å². The third kappa shape index (κ3) is 3.58. The minimum Gasteiger partial charge on any atom is -0.508 e. The summed E-state index contributed by atoms with van der Waals surface area (Å²) in [5.41, 5.74) is 3.64. The van der Waals surface area contributed by atoms with Crippen LogP contribution in [0.2, 0.25) is 0 Å². The van der Waals surface area contributed by atoms with Crippen molar-refractivity contribution in [2.75, 3.05) is 5.32 Å². The Balaban J connectivity index is 2.07. The normalized spacial score (nSPS) is 10.2. The molecule has 0 spiro atoms. The molecule has 0 bridgehead atoms. The predicted octanol–water partition coefficient (Wildman–Crippen LogP) is 3.19. The highest BCUT2D eigenvalue weighted by molar-refractivity contribution is 5.92. The molecule has 98 valence electrons. The molecule has 0 aliphatic carbocycles. The van der Waals surface area contributed by atoms with Crippen LogP contribution >= 0.6 is 0 Å². The number of para-hydroxylation sites is 1. The zero-order valence-corrected chi connectivity index (χ0v) is 11.1. The number of phenols is 1. The van der Waals surface area contributed by atoms with E-state index in [1.54, 1.807) is 24.3 Å². The molecule has 2 aromatic carbocycles. The van der Waals surface area contributed by atoms with Crippen molar-refractivity contribution in [2.45, 2.75) is 20.3 Å². The zero-order chi connectivity index (χ0) is 13.8. The number of amides is 1. The van der Waals surface area contributed by atoms with Crippen LogP contribution in [0, 0.1) is 13.8 Å². The summed E-state index contributed by atoms with van der Waals surface area (Å²) in [5, 5.41) is 12.5. The van der Waals surface area contributed by atoms with Crippen molar-refractivity contribution in [1.29, 1.82) is 0 Å². The maximum absolute atomic E-state index is 11.9. The van der Waals surface area contributed by atoms with Gasteiger partial charge in [0.15, 0.2) is 0 Å². The zero-order valence-electron chi connectivity index (χ0n) is 11.1. The lowest BCUT2D eigenvalue weighted by molar-refractivity contribution is -0.115. The first-order valence-electron chi connectivity index (χ1n) is 6.19. The van der Waals surface area contributed by atoms with Gasteiger partial charge in [-0.15, -0.1) is 0 Å². The SMILES string of the molecule is Cc1cc(C)cc(NC(=O)Cc2ccccc2O)c1. The summed E-state index contributed by atoms with van der Waals surface area (Å²) < 4.78 is 0. The molecular formula is C16H17NO2. The van der Waals surface area contributed by atoms with Crippen molar-refractivity contribution in [3.05, 3.63) is 59.2 Å². The van der Waals surface area contributed by atoms with Crippen LogP contribution in [-0.2, 0) is 11.2 Å². The van der Waals surface area contributed by atoms with Crippen LogP contribution in [0.5, 0.6) is 5.75 Å². The largest absolute Gasteiger partial charge is 0.508 e. The molecule has 1 amide bonds. The van der Waals surface area contributed by atoms with Crippen molar-refractivity contribution in [3.63, 3.8) is 0 Å². The molecule has 0 fully saturated rings. The Kier molecular flexibility index (Phi) is 3.85. The van der Waals surface area contributed by atoms with E-state index in [9.17, 15) is 9.90 Å². The highest BCUT2D eigenvalue weighted by Gasteiger charge is 2.07. The first-order valence-corrected chi connectivity index (χ1v) is 6.19. The van der Waals surface area contributed by atoms with Gasteiger partial charge in [0, 0.05) is 11.3 Å². The van der Waals surface area contributed by atoms with Crippen molar-refractivity contribution in [2.24, 2.45) is 0 Å². The van der Waals surface area contributed by atoms with Gasteiger partial charge in [-0.2, -0.15) is 0 Å². The Morgan fingerprint density at radius 2 is 1.74 bits per heavy atom. The molecule has 0 unspecified atom stereocenters. The number of carbonyl (C=O) groups excluding carboxylic acids is 1. The van der Waals surface area contributed by atoms with E-state index in [2.05, 4.69) is 11.4 Å². The molecule has 0 heterocycles. The van der Waals surface area contributed by atoms with E-state index in [0.29, 0.717) is 5.56 Å². The van der Waals surface area contributed by atoms with Crippen LogP contribution in [-0.4, -0.2) is 11.0 Å². The Bertz CT molecular complexity index is 585. The van der Waals surface area contributed by atoms with Gasteiger partial charge in [0.1, 0.15) is 5.75 Å². The van der Waals surface area contributed by atoms with Crippen LogP contribution in [0.3, 0.4) is 0 Å². The van der Waals surface area contributed by atoms with Gasteiger partial charge >= 0.3 is 0 Å². The summed E-state index contributed by atoms with van der Waals surface area (Å²) in [7, 11) is 0. The summed E-state index contributed by atoms with van der Waals surface area (Å²) >= 11 is 0. The van der Waals surface area contributed by atoms with Crippen molar-refractivity contribution >= 4 is 11.6 Å². The number of anilines is 1. The first kappa shape index (κ1) is 13.1. The van der Waals surface area contributed by atoms with Gasteiger partial charge in [-0.25, -0.2) is 0 Å². The molecule has 0 atom stereocenters. The van der Waals surface area contributed by atoms with Gasteiger partial charge in [-0.1, -0.05) is 24.3 Å². The first-order chi connectivity index (χ1) is 9.04. The maximum Gasteiger partial charge on any atom is 0.228 e. The molecule has 3 heteroatoms. The van der Waals surface area contributed by atoms with Crippen LogP contribution in [0.15, 0.2) is 42.5 Å². The summed E-state index contributed by atoms with van der Waals surface area (Å²) in [5.74, 6) is 0.0181. The van der Waals surface area contributed by atoms with E-state index in [-0.39, 0.29) is 18.1 Å². The van der Waals surface area contributed by atoms with E-state index in [4.69, 9.17) is 0 Å². The Morgan fingerprint density at radius 1 is 1.11 bits per heavy atom. The molecule has 0 aliphatic rings. The molecule has 0 saturated carbocycles. The highest BCUT2D eigenvalue weighted by Crippen LogP contribution is 2.18. The Labute approximate surface area is 112 Å². The third-order valence-electron chi connectivity index (χ3n) is 2.85. The number of carbonyl (C=O) groups is 1. The monoisotopic (exact) mass is 255 g/mol. The molecule has 0 aliphatic heterocycles. The van der Waals surface area contributed by atoms with Crippen molar-refractivity contribution in [3.8, 4) is 5.75 Å². The lowest BCUT2D eigenvalue weighted by atomic mass is 10.1. The smallest absolute Gasteiger partial charge is 0.228 e. The number of rotatable bonds is 3. The molecule has 0 radical (unpaired) electrons. The topological polar surface area (TPSA) is 49.3 Å². The van der Waals surface area contributed by atoms with Crippen LogP contribution in [0.4, 0.5) is 5.69 Å². The van der Waals surface area contributed by atoms with Gasteiger partial charge in [0.25, 0.3) is 0 Å². The lowest BCUT2D eigenvalue weighted by Crippen LogP contribution is -2.14. The summed E-state index contributed by atoms with van der Waals surface area (Å²) in [4.78, 5) is 11.9. The van der Waals surface area contributed by atoms with E-state index in [0.717, 1.165) is 16.8 Å². The molecule has 19 heavy (non-hydrogen) atoms. The third-order valence-corrected chi connectivity index (χ3v) is 2.85. The molecule has 2 N–H and O–H groups in total. The van der Waals surface area contributed by atoms with Crippen LogP contribution < -0.4 is 5.32 Å². The summed E-state index contributed by atoms with van der Waals surface area (Å²) in [6.07, 6.45) is 0.166. The van der Waals surface area contributed by atoms with Gasteiger partial charge < -0.3 is 10.4 Å². The number of aryl methyl sites for hydroxylation is 2. The fraction of sp³-hybridized carbons (Fsp3) is 0.188. The van der Waals surface area contributed by atoms with E-state index in [1.807, 2.05) is 26.0 Å². The molecule has 0 aromatic heterocycles. The second-order valence-corrected chi connectivity index (χ2v) is 4.73. The number of hydrogen-bond donors (Lipinski definition) is 2. The predicted molar refractivity (Wildman–Crippen MR) is 76.4 cm³/mol. The van der Waals surface area contributed by atoms with Crippen molar-refractivity contribution in [1.82, 2.24) is 0 Å². The molecule has 0 saturated heterocycles. The van der Waals surface area contributed by atoms with Crippen LogP contribution in [0.25, 0.3) is 0 Å². The number of aromatic hydroxyl groups is 1. The van der Waals surface area contributed by atoms with Gasteiger partial charge in [-0.05, 0) is 43.2 Å². The molecule has 2 aromatic rings. The second kappa shape index (κ2) is 5.57. The minimum atomic E-state index is -0.133. The quantitative estimate of drug-likeness (QED) is 0.885. The molecular weight excluding hydrogens is 238 g/mol. The fourth-order valence-electron chi connectivity index (χ4n) is 2.09. The maximum atomic E-state index is 11.9. The lowest BCUT2D eigenvalue weighted by Gasteiger charge is -2.08. The van der Waals surface area contributed by atoms with E-state index in [1.165, 1.54) is 0 Å². The minimum absolute atomic E-state index is 0.133. The summed E-state index contributed by atoms with van der Waals surface area (Å²) in [6, 6.07) is 12.8. The van der Waals surface area contributed by atoms with E-state index < -0.39 is 0 Å². The standard InChI is InChI=1S/C16H17NO2/c1-11-7-12(2)9-14(8-11)17-16(19)10-13-5-3-4-6-15(13)18/h3-9,18H,10H2,1-2H3,(H,17,19).